The lowest BCUT2D eigenvalue weighted by molar-refractivity contribution is 0.554. The highest BCUT2D eigenvalue weighted by Crippen LogP contribution is 2.23. The van der Waals surface area contributed by atoms with Crippen molar-refractivity contribution in [3.63, 3.8) is 0 Å². The first-order chi connectivity index (χ1) is 9.86. The predicted molar refractivity (Wildman–Crippen MR) is 84.0 cm³/mol. The van der Waals surface area contributed by atoms with Gasteiger partial charge in [0.1, 0.15) is 0 Å². The summed E-state index contributed by atoms with van der Waals surface area (Å²) in [5.41, 5.74) is 3.18. The molecule has 0 fully saturated rings. The van der Waals surface area contributed by atoms with Gasteiger partial charge in [0.15, 0.2) is 0 Å². The summed E-state index contributed by atoms with van der Waals surface area (Å²) in [5.74, 6) is 0. The van der Waals surface area contributed by atoms with Crippen molar-refractivity contribution in [1.82, 2.24) is 15.3 Å². The maximum absolute atomic E-state index is 4.39. The lowest BCUT2D eigenvalue weighted by atomic mass is 10.0. The fourth-order valence-corrected chi connectivity index (χ4v) is 3.13. The van der Waals surface area contributed by atoms with Gasteiger partial charge in [-0.2, -0.15) is 0 Å². The van der Waals surface area contributed by atoms with E-state index in [4.69, 9.17) is 0 Å². The van der Waals surface area contributed by atoms with Gasteiger partial charge in [-0.05, 0) is 35.7 Å². The summed E-state index contributed by atoms with van der Waals surface area (Å²) in [4.78, 5) is 10.1. The fourth-order valence-electron chi connectivity index (χ4n) is 2.38. The molecule has 4 heteroatoms. The summed E-state index contributed by atoms with van der Waals surface area (Å²) < 4.78 is 0. The Morgan fingerprint density at radius 3 is 2.75 bits per heavy atom. The number of aromatic nitrogens is 2. The molecule has 20 heavy (non-hydrogen) atoms. The molecule has 0 bridgehead atoms. The van der Waals surface area contributed by atoms with Gasteiger partial charge in [0.25, 0.3) is 0 Å². The Bertz CT molecular complexity index is 679. The monoisotopic (exact) mass is 283 g/mol. The SMILES string of the molecule is CCNC(Cc1cccs1)c1ccc2nccnc2c1. The highest BCUT2D eigenvalue weighted by Gasteiger charge is 2.12. The van der Waals surface area contributed by atoms with Crippen molar-refractivity contribution in [2.24, 2.45) is 0 Å². The molecule has 2 heterocycles. The normalized spacial score (nSPS) is 12.7. The Hall–Kier alpha value is -1.78. The van der Waals surface area contributed by atoms with Crippen LogP contribution in [0.15, 0.2) is 48.1 Å². The largest absolute Gasteiger partial charge is 0.310 e. The van der Waals surface area contributed by atoms with Crippen LogP contribution in [0.5, 0.6) is 0 Å². The second kappa shape index (κ2) is 6.11. The van der Waals surface area contributed by atoms with Gasteiger partial charge in [-0.25, -0.2) is 0 Å². The molecule has 102 valence electrons. The molecular formula is C16H17N3S. The molecule has 3 aromatic rings. The summed E-state index contributed by atoms with van der Waals surface area (Å²) in [6.45, 7) is 3.09. The van der Waals surface area contributed by atoms with Crippen molar-refractivity contribution in [3.8, 4) is 0 Å². The van der Waals surface area contributed by atoms with Gasteiger partial charge in [-0.3, -0.25) is 9.97 Å². The number of likely N-dealkylation sites (N-methyl/N-ethyl adjacent to an activating group) is 1. The van der Waals surface area contributed by atoms with Gasteiger partial charge in [0.05, 0.1) is 11.0 Å². The lowest BCUT2D eigenvalue weighted by Gasteiger charge is -2.18. The summed E-state index contributed by atoms with van der Waals surface area (Å²) in [7, 11) is 0. The van der Waals surface area contributed by atoms with Crippen LogP contribution < -0.4 is 5.32 Å². The molecule has 0 amide bonds. The Labute approximate surface area is 122 Å². The van der Waals surface area contributed by atoms with Crippen LogP contribution in [0, 0.1) is 0 Å². The van der Waals surface area contributed by atoms with Crippen LogP contribution in [0.1, 0.15) is 23.4 Å². The molecule has 2 aromatic heterocycles. The van der Waals surface area contributed by atoms with E-state index in [9.17, 15) is 0 Å². The van der Waals surface area contributed by atoms with E-state index in [2.05, 4.69) is 57.9 Å². The zero-order valence-corrected chi connectivity index (χ0v) is 12.2. The minimum absolute atomic E-state index is 0.324. The molecule has 0 spiro atoms. The molecule has 1 aromatic carbocycles. The van der Waals surface area contributed by atoms with Gasteiger partial charge < -0.3 is 5.32 Å². The maximum Gasteiger partial charge on any atom is 0.0890 e. The number of rotatable bonds is 5. The second-order valence-corrected chi connectivity index (χ2v) is 5.73. The highest BCUT2D eigenvalue weighted by atomic mass is 32.1. The standard InChI is InChI=1S/C16H17N3S/c1-2-17-15(11-13-4-3-9-20-13)12-5-6-14-16(10-12)19-8-7-18-14/h3-10,15,17H,2,11H2,1H3. The Morgan fingerprint density at radius 1 is 1.15 bits per heavy atom. The van der Waals surface area contributed by atoms with Crippen molar-refractivity contribution in [1.29, 1.82) is 0 Å². The second-order valence-electron chi connectivity index (χ2n) is 4.70. The summed E-state index contributed by atoms with van der Waals surface area (Å²) >= 11 is 1.81. The van der Waals surface area contributed by atoms with Crippen LogP contribution in [0.3, 0.4) is 0 Å². The third kappa shape index (κ3) is 2.86. The molecule has 0 saturated heterocycles. The van der Waals surface area contributed by atoms with E-state index in [1.165, 1.54) is 10.4 Å². The molecular weight excluding hydrogens is 266 g/mol. The first kappa shape index (κ1) is 13.2. The van der Waals surface area contributed by atoms with E-state index < -0.39 is 0 Å². The molecule has 1 atom stereocenters. The third-order valence-electron chi connectivity index (χ3n) is 3.33. The first-order valence-corrected chi connectivity index (χ1v) is 7.71. The van der Waals surface area contributed by atoms with Gasteiger partial charge in [-0.15, -0.1) is 11.3 Å². The van der Waals surface area contributed by atoms with Crippen LogP contribution in [-0.2, 0) is 6.42 Å². The van der Waals surface area contributed by atoms with E-state index in [0.29, 0.717) is 6.04 Å². The van der Waals surface area contributed by atoms with E-state index >= 15 is 0 Å². The molecule has 0 saturated carbocycles. The fraction of sp³-hybridized carbons (Fsp3) is 0.250. The molecule has 1 N–H and O–H groups in total. The lowest BCUT2D eigenvalue weighted by Crippen LogP contribution is -2.22. The Balaban J connectivity index is 1.91. The molecule has 0 aliphatic rings. The third-order valence-corrected chi connectivity index (χ3v) is 4.23. The summed E-state index contributed by atoms with van der Waals surface area (Å²) in [6, 6.07) is 11.0. The number of hydrogen-bond acceptors (Lipinski definition) is 4. The van der Waals surface area contributed by atoms with Crippen molar-refractivity contribution in [2.75, 3.05) is 6.54 Å². The van der Waals surface area contributed by atoms with Crippen LogP contribution in [-0.4, -0.2) is 16.5 Å². The summed E-state index contributed by atoms with van der Waals surface area (Å²) in [5, 5.41) is 5.69. The number of thiophene rings is 1. The van der Waals surface area contributed by atoms with E-state index in [1.54, 1.807) is 12.4 Å². The smallest absolute Gasteiger partial charge is 0.0890 e. The maximum atomic E-state index is 4.39. The topological polar surface area (TPSA) is 37.8 Å². The summed E-state index contributed by atoms with van der Waals surface area (Å²) in [6.07, 6.45) is 4.49. The molecule has 3 nitrogen and oxygen atoms in total. The van der Waals surface area contributed by atoms with E-state index in [0.717, 1.165) is 24.0 Å². The van der Waals surface area contributed by atoms with Crippen molar-refractivity contribution in [3.05, 3.63) is 58.5 Å². The minimum atomic E-state index is 0.324. The number of hydrogen-bond donors (Lipinski definition) is 1. The number of nitrogens with one attached hydrogen (secondary N) is 1. The average Bonchev–Trinajstić information content (AvgIpc) is 2.99. The number of benzene rings is 1. The zero-order chi connectivity index (χ0) is 13.8. The van der Waals surface area contributed by atoms with Gasteiger partial charge in [-0.1, -0.05) is 19.1 Å². The van der Waals surface area contributed by atoms with Crippen molar-refractivity contribution < 1.29 is 0 Å². The highest BCUT2D eigenvalue weighted by molar-refractivity contribution is 7.09. The molecule has 1 unspecified atom stereocenters. The number of nitrogens with zero attached hydrogens (tertiary/aromatic N) is 2. The van der Waals surface area contributed by atoms with Gasteiger partial charge >= 0.3 is 0 Å². The molecule has 3 rings (SSSR count). The Kier molecular flexibility index (Phi) is 4.04. The predicted octanol–water partition coefficient (Wildman–Crippen LogP) is 3.58. The van der Waals surface area contributed by atoms with Gasteiger partial charge in [0.2, 0.25) is 0 Å². The number of fused-ring (bicyclic) bond motifs is 1. The van der Waals surface area contributed by atoms with Crippen molar-refractivity contribution >= 4 is 22.4 Å². The molecule has 0 aliphatic carbocycles. The quantitative estimate of drug-likeness (QED) is 0.777. The molecule has 0 radical (unpaired) electrons. The van der Waals surface area contributed by atoms with Crippen LogP contribution in [0.2, 0.25) is 0 Å². The van der Waals surface area contributed by atoms with Crippen LogP contribution in [0.4, 0.5) is 0 Å². The van der Waals surface area contributed by atoms with Crippen LogP contribution in [0.25, 0.3) is 11.0 Å². The minimum Gasteiger partial charge on any atom is -0.310 e. The Morgan fingerprint density at radius 2 is 2.00 bits per heavy atom. The molecule has 0 aliphatic heterocycles. The van der Waals surface area contributed by atoms with Crippen LogP contribution >= 0.6 is 11.3 Å². The van der Waals surface area contributed by atoms with E-state index in [-0.39, 0.29) is 0 Å². The zero-order valence-electron chi connectivity index (χ0n) is 11.4. The van der Waals surface area contributed by atoms with E-state index in [1.807, 2.05) is 11.3 Å². The van der Waals surface area contributed by atoms with Gasteiger partial charge in [0, 0.05) is 29.7 Å². The average molecular weight is 283 g/mol. The van der Waals surface area contributed by atoms with Crippen molar-refractivity contribution in [2.45, 2.75) is 19.4 Å². The first-order valence-electron chi connectivity index (χ1n) is 6.83.